The lowest BCUT2D eigenvalue weighted by Crippen LogP contribution is -2.36. The van der Waals surface area contributed by atoms with Gasteiger partial charge < -0.3 is 15.8 Å². The van der Waals surface area contributed by atoms with Crippen LogP contribution in [0, 0.1) is 0 Å². The van der Waals surface area contributed by atoms with Crippen LogP contribution in [0.2, 0.25) is 0 Å². The van der Waals surface area contributed by atoms with Gasteiger partial charge in [-0.3, -0.25) is 4.55 Å². The molecule has 1 atom stereocenters. The second-order valence-corrected chi connectivity index (χ2v) is 4.71. The highest BCUT2D eigenvalue weighted by Gasteiger charge is 2.20. The molecule has 0 saturated heterocycles. The number of hydrogen-bond acceptors (Lipinski definition) is 5. The highest BCUT2D eigenvalue weighted by atomic mass is 32.2. The largest absolute Gasteiger partial charge is 0.497 e. The Morgan fingerprint density at radius 3 is 2.75 bits per heavy atom. The number of methoxy groups -OCH3 is 1. The van der Waals surface area contributed by atoms with Crippen molar-refractivity contribution >= 4 is 15.8 Å². The monoisotopic (exact) mass is 246 g/mol. The second-order valence-electron chi connectivity index (χ2n) is 3.12. The molecule has 4 N–H and O–H groups in total. The van der Waals surface area contributed by atoms with Crippen LogP contribution in [0.25, 0.3) is 0 Å². The lowest BCUT2D eigenvalue weighted by molar-refractivity contribution is 0.415. The third-order valence-corrected chi connectivity index (χ3v) is 3.00. The molecular weight excluding hydrogens is 232 g/mol. The summed E-state index contributed by atoms with van der Waals surface area (Å²) in [6, 6.07) is 6.67. The van der Waals surface area contributed by atoms with E-state index >= 15 is 0 Å². The van der Waals surface area contributed by atoms with Gasteiger partial charge in [-0.2, -0.15) is 8.42 Å². The third-order valence-electron chi connectivity index (χ3n) is 1.97. The number of ether oxygens (including phenoxy) is 1. The lowest BCUT2D eigenvalue weighted by Gasteiger charge is -2.15. The van der Waals surface area contributed by atoms with E-state index in [0.29, 0.717) is 11.4 Å². The highest BCUT2D eigenvalue weighted by molar-refractivity contribution is 7.86. The standard InChI is InChI=1S/C9H14N2O4S/c1-15-8-4-2-3-7(5-8)11-9(6-10)16(12,13)14/h2-5,9,11H,6,10H2,1H3,(H,12,13,14). The van der Waals surface area contributed by atoms with Crippen molar-refractivity contribution in [3.05, 3.63) is 24.3 Å². The van der Waals surface area contributed by atoms with Crippen LogP contribution in [0.3, 0.4) is 0 Å². The van der Waals surface area contributed by atoms with Crippen molar-refractivity contribution in [3.63, 3.8) is 0 Å². The number of hydrogen-bond donors (Lipinski definition) is 3. The number of rotatable bonds is 5. The Kier molecular flexibility index (Phi) is 4.11. The lowest BCUT2D eigenvalue weighted by atomic mass is 10.3. The summed E-state index contributed by atoms with van der Waals surface area (Å²) >= 11 is 0. The van der Waals surface area contributed by atoms with Gasteiger partial charge in [0.25, 0.3) is 10.1 Å². The zero-order valence-electron chi connectivity index (χ0n) is 8.75. The molecule has 0 aliphatic heterocycles. The van der Waals surface area contributed by atoms with Gasteiger partial charge in [0.1, 0.15) is 5.75 Å². The average Bonchev–Trinajstić information content (AvgIpc) is 2.24. The molecule has 1 aromatic carbocycles. The van der Waals surface area contributed by atoms with Gasteiger partial charge in [-0.15, -0.1) is 0 Å². The molecule has 0 aliphatic carbocycles. The molecule has 6 nitrogen and oxygen atoms in total. The van der Waals surface area contributed by atoms with Gasteiger partial charge in [-0.1, -0.05) is 6.07 Å². The summed E-state index contributed by atoms with van der Waals surface area (Å²) in [6.45, 7) is -0.226. The van der Waals surface area contributed by atoms with Gasteiger partial charge in [0, 0.05) is 18.3 Å². The third kappa shape index (κ3) is 3.37. The van der Waals surface area contributed by atoms with Gasteiger partial charge in [-0.05, 0) is 12.1 Å². The Morgan fingerprint density at radius 2 is 2.25 bits per heavy atom. The molecule has 7 heteroatoms. The Bertz CT molecular complexity index is 447. The van der Waals surface area contributed by atoms with Crippen LogP contribution < -0.4 is 15.8 Å². The van der Waals surface area contributed by atoms with E-state index < -0.39 is 15.5 Å². The number of nitrogens with one attached hydrogen (secondary N) is 1. The molecule has 1 rings (SSSR count). The molecule has 0 radical (unpaired) electrons. The van der Waals surface area contributed by atoms with E-state index in [9.17, 15) is 8.42 Å². The summed E-state index contributed by atoms with van der Waals surface area (Å²) in [6.07, 6.45) is 0. The normalized spacial score (nSPS) is 13.2. The summed E-state index contributed by atoms with van der Waals surface area (Å²) < 4.78 is 35.6. The molecule has 0 fully saturated rings. The van der Waals surface area contributed by atoms with Gasteiger partial charge in [-0.25, -0.2) is 0 Å². The summed E-state index contributed by atoms with van der Waals surface area (Å²) in [5.74, 6) is 0.580. The van der Waals surface area contributed by atoms with Gasteiger partial charge in [0.05, 0.1) is 7.11 Å². The molecule has 0 bridgehead atoms. The SMILES string of the molecule is COc1cccc(NC(CN)S(=O)(=O)O)c1. The maximum atomic E-state index is 10.9. The minimum absolute atomic E-state index is 0.226. The van der Waals surface area contributed by atoms with Gasteiger partial charge in [0.15, 0.2) is 5.37 Å². The average molecular weight is 246 g/mol. The fraction of sp³-hybridized carbons (Fsp3) is 0.333. The Hall–Kier alpha value is -1.31. The summed E-state index contributed by atoms with van der Waals surface area (Å²) in [5.41, 5.74) is 5.75. The highest BCUT2D eigenvalue weighted by Crippen LogP contribution is 2.18. The van der Waals surface area contributed by atoms with Crippen molar-refractivity contribution in [1.29, 1.82) is 0 Å². The van der Waals surface area contributed by atoms with Crippen molar-refractivity contribution in [2.75, 3.05) is 19.0 Å². The van der Waals surface area contributed by atoms with Gasteiger partial charge in [0.2, 0.25) is 0 Å². The van der Waals surface area contributed by atoms with Crippen LogP contribution in [0.15, 0.2) is 24.3 Å². The second kappa shape index (κ2) is 5.15. The smallest absolute Gasteiger partial charge is 0.287 e. The van der Waals surface area contributed by atoms with Crippen molar-refractivity contribution in [3.8, 4) is 5.75 Å². The first-order chi connectivity index (χ1) is 7.47. The summed E-state index contributed by atoms with van der Waals surface area (Å²) in [7, 11) is -2.71. The van der Waals surface area contributed by atoms with E-state index in [1.807, 2.05) is 0 Å². The first kappa shape index (κ1) is 12.8. The molecule has 16 heavy (non-hydrogen) atoms. The van der Waals surface area contributed by atoms with Crippen molar-refractivity contribution in [2.45, 2.75) is 5.37 Å². The molecule has 90 valence electrons. The van der Waals surface area contributed by atoms with Crippen LogP contribution in [0.1, 0.15) is 0 Å². The fourth-order valence-electron chi connectivity index (χ4n) is 1.15. The molecule has 1 aromatic rings. The molecular formula is C9H14N2O4S. The van der Waals surface area contributed by atoms with Crippen LogP contribution in [-0.2, 0) is 10.1 Å². The van der Waals surface area contributed by atoms with Crippen LogP contribution in [-0.4, -0.2) is 32.0 Å². The Morgan fingerprint density at radius 1 is 1.56 bits per heavy atom. The van der Waals surface area contributed by atoms with E-state index in [4.69, 9.17) is 15.0 Å². The van der Waals surface area contributed by atoms with Crippen molar-refractivity contribution < 1.29 is 17.7 Å². The van der Waals surface area contributed by atoms with Crippen LogP contribution in [0.4, 0.5) is 5.69 Å². The van der Waals surface area contributed by atoms with E-state index in [0.717, 1.165) is 0 Å². The van der Waals surface area contributed by atoms with Crippen molar-refractivity contribution in [2.24, 2.45) is 5.73 Å². The van der Waals surface area contributed by atoms with E-state index in [1.54, 1.807) is 24.3 Å². The molecule has 1 unspecified atom stereocenters. The van der Waals surface area contributed by atoms with E-state index in [1.165, 1.54) is 7.11 Å². The predicted octanol–water partition coefficient (Wildman–Crippen LogP) is 0.280. The summed E-state index contributed by atoms with van der Waals surface area (Å²) in [4.78, 5) is 0. The predicted molar refractivity (Wildman–Crippen MR) is 61.0 cm³/mol. The van der Waals surface area contributed by atoms with Crippen molar-refractivity contribution in [1.82, 2.24) is 0 Å². The Balaban J connectivity index is 2.86. The first-order valence-electron chi connectivity index (χ1n) is 4.54. The van der Waals surface area contributed by atoms with Crippen LogP contribution in [0.5, 0.6) is 5.75 Å². The quantitative estimate of drug-likeness (QED) is 0.645. The first-order valence-corrected chi connectivity index (χ1v) is 6.04. The minimum Gasteiger partial charge on any atom is -0.497 e. The number of nitrogens with two attached hydrogens (primary N) is 1. The molecule has 0 aliphatic rings. The molecule has 0 amide bonds. The molecule has 0 heterocycles. The summed E-state index contributed by atoms with van der Waals surface area (Å²) in [5, 5.41) is 1.38. The topological polar surface area (TPSA) is 102 Å². The maximum absolute atomic E-state index is 10.9. The Labute approximate surface area is 94.2 Å². The van der Waals surface area contributed by atoms with E-state index in [2.05, 4.69) is 5.32 Å². The fourth-order valence-corrected chi connectivity index (χ4v) is 1.68. The molecule has 0 spiro atoms. The van der Waals surface area contributed by atoms with Gasteiger partial charge >= 0.3 is 0 Å². The number of benzene rings is 1. The van der Waals surface area contributed by atoms with Crippen LogP contribution >= 0.6 is 0 Å². The molecule has 0 saturated carbocycles. The number of anilines is 1. The molecule has 0 aromatic heterocycles. The minimum atomic E-state index is -4.21. The van der Waals surface area contributed by atoms with E-state index in [-0.39, 0.29) is 6.54 Å². The zero-order chi connectivity index (χ0) is 12.2. The maximum Gasteiger partial charge on any atom is 0.287 e. The zero-order valence-corrected chi connectivity index (χ0v) is 9.57.